The largest absolute Gasteiger partial charge is 0.331 e. The lowest BCUT2D eigenvalue weighted by molar-refractivity contribution is 0.443. The van der Waals surface area contributed by atoms with Gasteiger partial charge in [-0.15, -0.1) is 0 Å². The molecule has 18 heavy (non-hydrogen) atoms. The van der Waals surface area contributed by atoms with E-state index in [9.17, 15) is 0 Å². The van der Waals surface area contributed by atoms with E-state index < -0.39 is 0 Å². The minimum Gasteiger partial charge on any atom is -0.331 e. The predicted molar refractivity (Wildman–Crippen MR) is 80.9 cm³/mol. The third kappa shape index (κ3) is 2.78. The number of imidazole rings is 1. The van der Waals surface area contributed by atoms with Gasteiger partial charge in [-0.1, -0.05) is 25.4 Å². The zero-order valence-electron chi connectivity index (χ0n) is 11.0. The van der Waals surface area contributed by atoms with Gasteiger partial charge < -0.3 is 9.55 Å². The summed E-state index contributed by atoms with van der Waals surface area (Å²) >= 11 is 11.5. The predicted octanol–water partition coefficient (Wildman–Crippen LogP) is 5.35. The zero-order chi connectivity index (χ0) is 13.3. The van der Waals surface area contributed by atoms with Gasteiger partial charge in [-0.05, 0) is 56.1 Å². The smallest absolute Gasteiger partial charge is 0.178 e. The Morgan fingerprint density at radius 2 is 2.00 bits per heavy atom. The van der Waals surface area contributed by atoms with Crippen LogP contribution in [-0.4, -0.2) is 9.55 Å². The van der Waals surface area contributed by atoms with Crippen LogP contribution in [-0.2, 0) is 0 Å². The Labute approximate surface area is 118 Å². The molecule has 1 unspecified atom stereocenters. The van der Waals surface area contributed by atoms with Crippen LogP contribution in [0.15, 0.2) is 18.2 Å². The fourth-order valence-electron chi connectivity index (χ4n) is 2.24. The number of nitrogens with one attached hydrogen (secondary N) is 1. The summed E-state index contributed by atoms with van der Waals surface area (Å²) in [5, 5.41) is 0.751. The Kier molecular flexibility index (Phi) is 4.13. The molecule has 1 heterocycles. The molecular weight excluding hydrogens is 264 g/mol. The summed E-state index contributed by atoms with van der Waals surface area (Å²) in [7, 11) is 0. The second kappa shape index (κ2) is 5.45. The van der Waals surface area contributed by atoms with Crippen molar-refractivity contribution in [3.63, 3.8) is 0 Å². The number of aromatic nitrogens is 2. The molecule has 2 nitrogen and oxygen atoms in total. The van der Waals surface area contributed by atoms with Crippen LogP contribution in [0.2, 0.25) is 5.02 Å². The van der Waals surface area contributed by atoms with Gasteiger partial charge in [0.25, 0.3) is 0 Å². The number of rotatable bonds is 4. The highest BCUT2D eigenvalue weighted by Crippen LogP contribution is 2.25. The summed E-state index contributed by atoms with van der Waals surface area (Å²) < 4.78 is 2.96. The first-order valence-corrected chi connectivity index (χ1v) is 7.17. The lowest BCUT2D eigenvalue weighted by Gasteiger charge is -2.15. The van der Waals surface area contributed by atoms with Crippen LogP contribution in [0.3, 0.4) is 0 Å². The van der Waals surface area contributed by atoms with Crippen molar-refractivity contribution in [3.8, 4) is 0 Å². The van der Waals surface area contributed by atoms with E-state index >= 15 is 0 Å². The molecule has 1 N–H and O–H groups in total. The molecule has 0 saturated heterocycles. The van der Waals surface area contributed by atoms with Gasteiger partial charge in [0.15, 0.2) is 4.77 Å². The zero-order valence-corrected chi connectivity index (χ0v) is 12.6. The number of aromatic amines is 1. The van der Waals surface area contributed by atoms with Crippen LogP contribution in [0.25, 0.3) is 11.0 Å². The molecule has 98 valence electrons. The van der Waals surface area contributed by atoms with E-state index in [1.807, 2.05) is 18.2 Å². The van der Waals surface area contributed by atoms with E-state index in [1.165, 1.54) is 6.42 Å². The summed E-state index contributed by atoms with van der Waals surface area (Å²) in [4.78, 5) is 3.24. The Balaban J connectivity index is 2.40. The summed E-state index contributed by atoms with van der Waals surface area (Å²) in [6, 6.07) is 6.25. The highest BCUT2D eigenvalue weighted by molar-refractivity contribution is 7.71. The van der Waals surface area contributed by atoms with E-state index in [0.29, 0.717) is 6.04 Å². The van der Waals surface area contributed by atoms with Crippen LogP contribution in [0.1, 0.15) is 39.7 Å². The molecule has 0 radical (unpaired) electrons. The molecule has 0 bridgehead atoms. The van der Waals surface area contributed by atoms with Gasteiger partial charge >= 0.3 is 0 Å². The minimum atomic E-state index is 0.395. The average Bonchev–Trinajstić information content (AvgIpc) is 2.61. The SMILES string of the molecule is CC(C)CCC(C)n1c(=S)[nH]c2ccc(Cl)cc21. The third-order valence-corrected chi connectivity index (χ3v) is 3.82. The van der Waals surface area contributed by atoms with Crippen LogP contribution in [0.5, 0.6) is 0 Å². The van der Waals surface area contributed by atoms with Crippen molar-refractivity contribution in [2.75, 3.05) is 0 Å². The fourth-order valence-corrected chi connectivity index (χ4v) is 2.79. The number of hydrogen-bond acceptors (Lipinski definition) is 1. The van der Waals surface area contributed by atoms with E-state index in [0.717, 1.165) is 33.2 Å². The van der Waals surface area contributed by atoms with E-state index in [1.54, 1.807) is 0 Å². The quantitative estimate of drug-likeness (QED) is 0.750. The van der Waals surface area contributed by atoms with Crippen LogP contribution >= 0.6 is 23.8 Å². The molecule has 0 fully saturated rings. The number of halogens is 1. The molecule has 1 aromatic heterocycles. The summed E-state index contributed by atoms with van der Waals surface area (Å²) in [5.41, 5.74) is 2.16. The average molecular weight is 283 g/mol. The molecule has 0 amide bonds. The number of hydrogen-bond donors (Lipinski definition) is 1. The third-order valence-electron chi connectivity index (χ3n) is 3.28. The van der Waals surface area contributed by atoms with Crippen molar-refractivity contribution in [2.45, 2.75) is 39.7 Å². The van der Waals surface area contributed by atoms with Gasteiger partial charge in [-0.25, -0.2) is 0 Å². The standard InChI is InChI=1S/C14H19ClN2S/c1-9(2)4-5-10(3)17-13-8-11(15)6-7-12(13)16-14(17)18/h6-10H,4-5H2,1-3H3,(H,16,18). The monoisotopic (exact) mass is 282 g/mol. The van der Waals surface area contributed by atoms with Gasteiger partial charge in [0.1, 0.15) is 0 Å². The van der Waals surface area contributed by atoms with Crippen molar-refractivity contribution < 1.29 is 0 Å². The first-order chi connectivity index (χ1) is 8.49. The Morgan fingerprint density at radius 3 is 2.67 bits per heavy atom. The molecule has 2 rings (SSSR count). The number of benzene rings is 1. The molecule has 2 aromatic rings. The van der Waals surface area contributed by atoms with Crippen molar-refractivity contribution in [3.05, 3.63) is 28.0 Å². The lowest BCUT2D eigenvalue weighted by Crippen LogP contribution is -2.06. The maximum Gasteiger partial charge on any atom is 0.178 e. The molecule has 1 aromatic carbocycles. The molecule has 0 aliphatic heterocycles. The van der Waals surface area contributed by atoms with Crippen molar-refractivity contribution in [1.82, 2.24) is 9.55 Å². The fraction of sp³-hybridized carbons (Fsp3) is 0.500. The molecular formula is C14H19ClN2S. The van der Waals surface area contributed by atoms with Crippen molar-refractivity contribution in [1.29, 1.82) is 0 Å². The Bertz CT molecular complexity index is 597. The topological polar surface area (TPSA) is 20.7 Å². The van der Waals surface area contributed by atoms with Crippen LogP contribution in [0.4, 0.5) is 0 Å². The Hall–Kier alpha value is -0.800. The Morgan fingerprint density at radius 1 is 1.28 bits per heavy atom. The van der Waals surface area contributed by atoms with Gasteiger partial charge in [-0.2, -0.15) is 0 Å². The van der Waals surface area contributed by atoms with Crippen molar-refractivity contribution in [2.24, 2.45) is 5.92 Å². The number of H-pyrrole nitrogens is 1. The van der Waals surface area contributed by atoms with E-state index in [-0.39, 0.29) is 0 Å². The van der Waals surface area contributed by atoms with Gasteiger partial charge in [0.05, 0.1) is 11.0 Å². The molecule has 0 aliphatic rings. The first kappa shape index (κ1) is 13.6. The van der Waals surface area contributed by atoms with E-state index in [4.69, 9.17) is 23.8 Å². The normalized spacial score (nSPS) is 13.4. The van der Waals surface area contributed by atoms with E-state index in [2.05, 4.69) is 30.3 Å². The summed E-state index contributed by atoms with van der Waals surface area (Å²) in [5.74, 6) is 0.718. The van der Waals surface area contributed by atoms with Gasteiger partial charge in [-0.3, -0.25) is 0 Å². The second-order valence-electron chi connectivity index (χ2n) is 5.28. The molecule has 0 spiro atoms. The minimum absolute atomic E-state index is 0.395. The highest BCUT2D eigenvalue weighted by atomic mass is 35.5. The molecule has 0 aliphatic carbocycles. The molecule has 1 atom stereocenters. The van der Waals surface area contributed by atoms with Crippen LogP contribution in [0, 0.1) is 10.7 Å². The summed E-state index contributed by atoms with van der Waals surface area (Å²) in [6.45, 7) is 6.71. The van der Waals surface area contributed by atoms with Gasteiger partial charge in [0, 0.05) is 11.1 Å². The maximum absolute atomic E-state index is 6.07. The summed E-state index contributed by atoms with van der Waals surface area (Å²) in [6.07, 6.45) is 2.33. The number of nitrogens with zero attached hydrogens (tertiary/aromatic N) is 1. The molecule has 0 saturated carbocycles. The molecule has 4 heteroatoms. The van der Waals surface area contributed by atoms with Crippen LogP contribution < -0.4 is 0 Å². The lowest BCUT2D eigenvalue weighted by atomic mass is 10.0. The first-order valence-electron chi connectivity index (χ1n) is 6.39. The maximum atomic E-state index is 6.07. The highest BCUT2D eigenvalue weighted by Gasteiger charge is 2.12. The second-order valence-corrected chi connectivity index (χ2v) is 6.10. The van der Waals surface area contributed by atoms with Gasteiger partial charge in [0.2, 0.25) is 0 Å². The van der Waals surface area contributed by atoms with Crippen molar-refractivity contribution >= 4 is 34.9 Å². The number of fused-ring (bicyclic) bond motifs is 1.